The van der Waals surface area contributed by atoms with Gasteiger partial charge in [0.25, 0.3) is 0 Å². The van der Waals surface area contributed by atoms with E-state index in [4.69, 9.17) is 4.74 Å². The first-order valence-corrected chi connectivity index (χ1v) is 12.0. The minimum atomic E-state index is -0.0562. The Kier molecular flexibility index (Phi) is 4.07. The molecule has 2 saturated carbocycles. The fourth-order valence-corrected chi connectivity index (χ4v) is 7.99. The van der Waals surface area contributed by atoms with Gasteiger partial charge in [0.15, 0.2) is 0 Å². The number of ether oxygens (including phenoxy) is 1. The zero-order valence-corrected chi connectivity index (χ0v) is 17.7. The van der Waals surface area contributed by atoms with Gasteiger partial charge < -0.3 is 9.64 Å². The quantitative estimate of drug-likeness (QED) is 0.692. The molecule has 4 nitrogen and oxygen atoms in total. The number of benzene rings is 1. The molecule has 156 valence electrons. The van der Waals surface area contributed by atoms with E-state index < -0.39 is 0 Å². The third-order valence-corrected chi connectivity index (χ3v) is 9.31. The summed E-state index contributed by atoms with van der Waals surface area (Å²) >= 11 is 0. The number of amides is 1. The second-order valence-corrected chi connectivity index (χ2v) is 10.3. The fraction of sp³-hybridized carbons (Fsp3) is 0.720. The van der Waals surface area contributed by atoms with Gasteiger partial charge in [0.1, 0.15) is 0 Å². The highest BCUT2D eigenvalue weighted by atomic mass is 16.6. The van der Waals surface area contributed by atoms with E-state index in [1.807, 2.05) is 6.92 Å². The Morgan fingerprint density at radius 2 is 2.00 bits per heavy atom. The van der Waals surface area contributed by atoms with Crippen molar-refractivity contribution >= 4 is 6.09 Å². The van der Waals surface area contributed by atoms with Gasteiger partial charge in [-0.05, 0) is 100 Å². The highest BCUT2D eigenvalue weighted by Gasteiger charge is 2.75. The average Bonchev–Trinajstić information content (AvgIpc) is 3.01. The first-order chi connectivity index (χ1) is 14.2. The number of nitrogens with zero attached hydrogens (tertiary/aromatic N) is 2. The second kappa shape index (κ2) is 6.47. The zero-order valence-electron chi connectivity index (χ0n) is 17.7. The molecule has 4 unspecified atom stereocenters. The van der Waals surface area contributed by atoms with Crippen molar-refractivity contribution in [3.63, 3.8) is 0 Å². The Morgan fingerprint density at radius 1 is 1.17 bits per heavy atom. The number of hydrogen-bond donors (Lipinski definition) is 0. The highest BCUT2D eigenvalue weighted by molar-refractivity contribution is 5.74. The maximum absolute atomic E-state index is 12.4. The SMILES string of the molecule is CCOC(=O)N1C2CCC3CC(N4CCC5(CCCc6ccccc65)CC4)CC321. The van der Waals surface area contributed by atoms with E-state index >= 15 is 0 Å². The number of fused-ring (bicyclic) bond motifs is 2. The summed E-state index contributed by atoms with van der Waals surface area (Å²) in [6.07, 6.45) is 11.5. The van der Waals surface area contributed by atoms with Crippen LogP contribution < -0.4 is 0 Å². The fourth-order valence-electron chi connectivity index (χ4n) is 7.99. The molecule has 2 saturated heterocycles. The molecule has 2 spiro atoms. The number of likely N-dealkylation sites (tertiary alicyclic amines) is 2. The Bertz CT molecular complexity index is 815. The van der Waals surface area contributed by atoms with Crippen LogP contribution in [0.15, 0.2) is 24.3 Å². The van der Waals surface area contributed by atoms with Crippen molar-refractivity contribution in [2.45, 2.75) is 87.7 Å². The third-order valence-electron chi connectivity index (χ3n) is 9.31. The summed E-state index contributed by atoms with van der Waals surface area (Å²) in [6.45, 7) is 4.86. The topological polar surface area (TPSA) is 32.6 Å². The Hall–Kier alpha value is -1.55. The van der Waals surface area contributed by atoms with Gasteiger partial charge in [-0.25, -0.2) is 4.79 Å². The van der Waals surface area contributed by atoms with Gasteiger partial charge in [-0.2, -0.15) is 0 Å². The summed E-state index contributed by atoms with van der Waals surface area (Å²) in [5.74, 6) is 0.702. The lowest BCUT2D eigenvalue weighted by Gasteiger charge is -2.47. The number of rotatable bonds is 2. The molecule has 0 bridgehead atoms. The smallest absolute Gasteiger partial charge is 0.410 e. The van der Waals surface area contributed by atoms with E-state index in [0.717, 1.165) is 0 Å². The Morgan fingerprint density at radius 3 is 2.83 bits per heavy atom. The predicted octanol–water partition coefficient (Wildman–Crippen LogP) is 4.51. The van der Waals surface area contributed by atoms with Gasteiger partial charge >= 0.3 is 6.09 Å². The van der Waals surface area contributed by atoms with E-state index in [1.54, 1.807) is 11.1 Å². The van der Waals surface area contributed by atoms with Crippen LogP contribution >= 0.6 is 0 Å². The largest absolute Gasteiger partial charge is 0.450 e. The molecular weight excluding hydrogens is 360 g/mol. The molecule has 0 aromatic heterocycles. The minimum Gasteiger partial charge on any atom is -0.450 e. The molecule has 4 heteroatoms. The lowest BCUT2D eigenvalue weighted by atomic mass is 9.64. The zero-order chi connectivity index (χ0) is 19.6. The van der Waals surface area contributed by atoms with Gasteiger partial charge in [0.05, 0.1) is 18.2 Å². The molecule has 6 rings (SSSR count). The summed E-state index contributed by atoms with van der Waals surface area (Å²) in [5.41, 5.74) is 3.84. The van der Waals surface area contributed by atoms with Crippen LogP contribution in [-0.2, 0) is 16.6 Å². The molecule has 4 fully saturated rings. The molecule has 5 aliphatic rings. The molecule has 1 aromatic rings. The molecule has 4 atom stereocenters. The Labute approximate surface area is 174 Å². The summed E-state index contributed by atoms with van der Waals surface area (Å²) in [5, 5.41) is 0. The minimum absolute atomic E-state index is 0.0562. The molecule has 2 heterocycles. The molecule has 2 aliphatic heterocycles. The summed E-state index contributed by atoms with van der Waals surface area (Å²) in [7, 11) is 0. The maximum Gasteiger partial charge on any atom is 0.410 e. The van der Waals surface area contributed by atoms with Gasteiger partial charge in [-0.3, -0.25) is 4.90 Å². The monoisotopic (exact) mass is 394 g/mol. The summed E-state index contributed by atoms with van der Waals surface area (Å²) in [4.78, 5) is 17.4. The maximum atomic E-state index is 12.4. The summed E-state index contributed by atoms with van der Waals surface area (Å²) < 4.78 is 5.37. The lowest BCUT2D eigenvalue weighted by molar-refractivity contribution is 0.103. The van der Waals surface area contributed by atoms with Crippen molar-refractivity contribution < 1.29 is 9.53 Å². The second-order valence-electron chi connectivity index (χ2n) is 10.3. The molecule has 1 aromatic carbocycles. The first kappa shape index (κ1) is 18.2. The Balaban J connectivity index is 1.15. The van der Waals surface area contributed by atoms with Gasteiger partial charge in [0, 0.05) is 6.04 Å². The molecule has 0 N–H and O–H groups in total. The van der Waals surface area contributed by atoms with Crippen molar-refractivity contribution in [2.24, 2.45) is 5.92 Å². The van der Waals surface area contributed by atoms with Crippen LogP contribution in [0.2, 0.25) is 0 Å². The lowest BCUT2D eigenvalue weighted by Crippen LogP contribution is -2.47. The van der Waals surface area contributed by atoms with Crippen molar-refractivity contribution in [1.29, 1.82) is 0 Å². The number of carbonyl (C=O) groups excluding carboxylic acids is 1. The van der Waals surface area contributed by atoms with Crippen LogP contribution in [0.3, 0.4) is 0 Å². The van der Waals surface area contributed by atoms with Gasteiger partial charge in [-0.15, -0.1) is 0 Å². The molecule has 1 amide bonds. The molecule has 0 radical (unpaired) electrons. The van der Waals surface area contributed by atoms with Crippen LogP contribution in [0.4, 0.5) is 4.79 Å². The number of carbonyl (C=O) groups is 1. The average molecular weight is 395 g/mol. The van der Waals surface area contributed by atoms with Gasteiger partial charge in [-0.1, -0.05) is 24.3 Å². The molecule has 29 heavy (non-hydrogen) atoms. The van der Waals surface area contributed by atoms with Crippen LogP contribution in [0.1, 0.15) is 69.4 Å². The normalized spacial score (nSPS) is 37.1. The van der Waals surface area contributed by atoms with Crippen LogP contribution in [0.5, 0.6) is 0 Å². The van der Waals surface area contributed by atoms with E-state index in [1.165, 1.54) is 70.9 Å². The van der Waals surface area contributed by atoms with Crippen molar-refractivity contribution in [3.8, 4) is 0 Å². The third kappa shape index (κ3) is 2.50. The van der Waals surface area contributed by atoms with Crippen LogP contribution in [-0.4, -0.2) is 53.2 Å². The number of hydrogen-bond acceptors (Lipinski definition) is 3. The van der Waals surface area contributed by atoms with E-state index in [0.29, 0.717) is 30.0 Å². The molecule has 3 aliphatic carbocycles. The van der Waals surface area contributed by atoms with Crippen molar-refractivity contribution in [3.05, 3.63) is 35.4 Å². The van der Waals surface area contributed by atoms with Crippen LogP contribution in [0.25, 0.3) is 0 Å². The first-order valence-electron chi connectivity index (χ1n) is 12.0. The van der Waals surface area contributed by atoms with E-state index in [2.05, 4.69) is 34.1 Å². The van der Waals surface area contributed by atoms with E-state index in [9.17, 15) is 4.79 Å². The van der Waals surface area contributed by atoms with E-state index in [-0.39, 0.29) is 11.6 Å². The number of aryl methyl sites for hydroxylation is 1. The van der Waals surface area contributed by atoms with Crippen molar-refractivity contribution in [2.75, 3.05) is 19.7 Å². The molecular formula is C25H34N2O2. The van der Waals surface area contributed by atoms with Crippen LogP contribution in [0, 0.1) is 5.92 Å². The van der Waals surface area contributed by atoms with Gasteiger partial charge in [0.2, 0.25) is 0 Å². The number of piperidine rings is 2. The highest BCUT2D eigenvalue weighted by Crippen LogP contribution is 2.65. The summed E-state index contributed by atoms with van der Waals surface area (Å²) in [6, 6.07) is 10.4. The predicted molar refractivity (Wildman–Crippen MR) is 113 cm³/mol. The van der Waals surface area contributed by atoms with Crippen molar-refractivity contribution in [1.82, 2.24) is 9.80 Å². The standard InChI is InChI=1S/C25H34N2O2/c1-2-29-23(28)27-22-10-9-19-16-20(17-25(19,22)27)26-14-12-24(13-15-26)11-5-7-18-6-3-4-8-21(18)24/h3-4,6,8,19-20,22H,2,5,7,9-17H2,1H3.